The Bertz CT molecular complexity index is 442. The van der Waals surface area contributed by atoms with Crippen LogP contribution in [-0.4, -0.2) is 0 Å². The Morgan fingerprint density at radius 1 is 0.938 bits per heavy atom. The summed E-state index contributed by atoms with van der Waals surface area (Å²) in [5, 5.41) is 3.36. The molecule has 0 spiro atoms. The van der Waals surface area contributed by atoms with Gasteiger partial charge in [0.25, 0.3) is 0 Å². The van der Waals surface area contributed by atoms with Crippen molar-refractivity contribution < 1.29 is 4.42 Å². The first-order valence-corrected chi connectivity index (χ1v) is 5.55. The van der Waals surface area contributed by atoms with Gasteiger partial charge in [-0.25, -0.2) is 0 Å². The Labute approximate surface area is 96.3 Å². The Morgan fingerprint density at radius 3 is 2.31 bits per heavy atom. The molecule has 0 aliphatic heterocycles. The number of nitrogens with one attached hydrogen (secondary N) is 1. The third kappa shape index (κ3) is 2.97. The van der Waals surface area contributed by atoms with E-state index in [4.69, 9.17) is 4.42 Å². The molecule has 0 radical (unpaired) electrons. The lowest BCUT2D eigenvalue weighted by atomic mass is 10.1. The fourth-order valence-corrected chi connectivity index (χ4v) is 1.62. The third-order valence-electron chi connectivity index (χ3n) is 2.54. The van der Waals surface area contributed by atoms with Crippen molar-refractivity contribution >= 4 is 0 Å². The molecule has 0 atom stereocenters. The van der Waals surface area contributed by atoms with Crippen molar-refractivity contribution in [3.05, 3.63) is 59.0 Å². The van der Waals surface area contributed by atoms with E-state index in [1.54, 1.807) is 0 Å². The van der Waals surface area contributed by atoms with Gasteiger partial charge in [0.05, 0.1) is 6.54 Å². The van der Waals surface area contributed by atoms with Gasteiger partial charge in [-0.15, -0.1) is 0 Å². The summed E-state index contributed by atoms with van der Waals surface area (Å²) in [6.45, 7) is 5.72. The highest BCUT2D eigenvalue weighted by molar-refractivity contribution is 5.21. The van der Waals surface area contributed by atoms with Crippen LogP contribution in [0.4, 0.5) is 0 Å². The topological polar surface area (TPSA) is 25.2 Å². The highest BCUT2D eigenvalue weighted by Gasteiger charge is 1.98. The molecule has 2 rings (SSSR count). The van der Waals surface area contributed by atoms with Crippen LogP contribution in [-0.2, 0) is 13.1 Å². The number of rotatable bonds is 4. The van der Waals surface area contributed by atoms with Gasteiger partial charge in [0.15, 0.2) is 0 Å². The van der Waals surface area contributed by atoms with E-state index in [-0.39, 0.29) is 0 Å². The first-order chi connectivity index (χ1) is 7.74. The van der Waals surface area contributed by atoms with Crippen molar-refractivity contribution in [2.75, 3.05) is 0 Å². The fraction of sp³-hybridized carbons (Fsp3) is 0.286. The quantitative estimate of drug-likeness (QED) is 0.847. The lowest BCUT2D eigenvalue weighted by Gasteiger charge is -2.03. The second-order valence-corrected chi connectivity index (χ2v) is 4.10. The Kier molecular flexibility index (Phi) is 3.42. The molecule has 0 amide bonds. The second-order valence-electron chi connectivity index (χ2n) is 4.10. The number of benzene rings is 1. The molecule has 1 N–H and O–H groups in total. The molecule has 84 valence electrons. The summed E-state index contributed by atoms with van der Waals surface area (Å²) in [7, 11) is 0. The van der Waals surface area contributed by atoms with Crippen molar-refractivity contribution in [3.63, 3.8) is 0 Å². The van der Waals surface area contributed by atoms with Crippen LogP contribution in [0.2, 0.25) is 0 Å². The summed E-state index contributed by atoms with van der Waals surface area (Å²) in [6, 6.07) is 12.6. The second kappa shape index (κ2) is 4.99. The van der Waals surface area contributed by atoms with Crippen molar-refractivity contribution in [2.45, 2.75) is 26.9 Å². The Hall–Kier alpha value is -1.54. The van der Waals surface area contributed by atoms with Gasteiger partial charge >= 0.3 is 0 Å². The number of aryl methyl sites for hydroxylation is 2. The molecule has 2 heteroatoms. The fourth-order valence-electron chi connectivity index (χ4n) is 1.62. The maximum atomic E-state index is 5.48. The van der Waals surface area contributed by atoms with Crippen LogP contribution in [0.25, 0.3) is 0 Å². The first kappa shape index (κ1) is 11.0. The van der Waals surface area contributed by atoms with Gasteiger partial charge in [0.1, 0.15) is 11.5 Å². The molecule has 0 fully saturated rings. The SMILES string of the molecule is Cc1ccc(CNCc2ccc(C)o2)cc1. The minimum atomic E-state index is 0.779. The van der Waals surface area contributed by atoms with Gasteiger partial charge in [-0.05, 0) is 31.5 Å². The van der Waals surface area contributed by atoms with Gasteiger partial charge in [-0.3, -0.25) is 0 Å². The Morgan fingerprint density at radius 2 is 1.69 bits per heavy atom. The largest absolute Gasteiger partial charge is 0.465 e. The zero-order valence-electron chi connectivity index (χ0n) is 9.79. The standard InChI is InChI=1S/C14H17NO/c1-11-3-6-13(7-4-11)9-15-10-14-8-5-12(2)16-14/h3-8,15H,9-10H2,1-2H3. The van der Waals surface area contributed by atoms with Gasteiger partial charge < -0.3 is 9.73 Å². The van der Waals surface area contributed by atoms with Gasteiger partial charge in [-0.1, -0.05) is 29.8 Å². The van der Waals surface area contributed by atoms with E-state index in [1.807, 2.05) is 19.1 Å². The zero-order valence-corrected chi connectivity index (χ0v) is 9.79. The molecule has 0 saturated carbocycles. The summed E-state index contributed by atoms with van der Waals surface area (Å²) in [5.41, 5.74) is 2.60. The minimum absolute atomic E-state index is 0.779. The van der Waals surface area contributed by atoms with Crippen LogP contribution in [0, 0.1) is 13.8 Å². The van der Waals surface area contributed by atoms with Crippen LogP contribution in [0.1, 0.15) is 22.6 Å². The maximum Gasteiger partial charge on any atom is 0.117 e. The van der Waals surface area contributed by atoms with E-state index in [9.17, 15) is 0 Å². The molecular formula is C14H17NO. The van der Waals surface area contributed by atoms with E-state index in [0.29, 0.717) is 0 Å². The highest BCUT2D eigenvalue weighted by Crippen LogP contribution is 2.07. The Balaban J connectivity index is 1.82. The summed E-state index contributed by atoms with van der Waals surface area (Å²) >= 11 is 0. The van der Waals surface area contributed by atoms with Crippen molar-refractivity contribution in [1.29, 1.82) is 0 Å². The van der Waals surface area contributed by atoms with E-state index >= 15 is 0 Å². The molecule has 0 unspecified atom stereocenters. The molecule has 1 aromatic carbocycles. The molecule has 0 bridgehead atoms. The molecular weight excluding hydrogens is 198 g/mol. The van der Waals surface area contributed by atoms with Crippen LogP contribution in [0.5, 0.6) is 0 Å². The summed E-state index contributed by atoms with van der Waals surface area (Å²) in [4.78, 5) is 0. The lowest BCUT2D eigenvalue weighted by molar-refractivity contribution is 0.461. The molecule has 16 heavy (non-hydrogen) atoms. The predicted molar refractivity (Wildman–Crippen MR) is 65.2 cm³/mol. The van der Waals surface area contributed by atoms with E-state index in [0.717, 1.165) is 24.6 Å². The third-order valence-corrected chi connectivity index (χ3v) is 2.54. The van der Waals surface area contributed by atoms with Crippen LogP contribution < -0.4 is 5.32 Å². The van der Waals surface area contributed by atoms with Gasteiger partial charge in [-0.2, -0.15) is 0 Å². The van der Waals surface area contributed by atoms with Crippen molar-refractivity contribution in [2.24, 2.45) is 0 Å². The van der Waals surface area contributed by atoms with Crippen molar-refractivity contribution in [3.8, 4) is 0 Å². The molecule has 1 aromatic heterocycles. The highest BCUT2D eigenvalue weighted by atomic mass is 16.3. The van der Waals surface area contributed by atoms with Crippen LogP contribution in [0.3, 0.4) is 0 Å². The van der Waals surface area contributed by atoms with Crippen LogP contribution >= 0.6 is 0 Å². The number of hydrogen-bond acceptors (Lipinski definition) is 2. The van der Waals surface area contributed by atoms with Crippen LogP contribution in [0.15, 0.2) is 40.8 Å². The monoisotopic (exact) mass is 215 g/mol. The van der Waals surface area contributed by atoms with Gasteiger partial charge in [0, 0.05) is 6.54 Å². The average molecular weight is 215 g/mol. The molecule has 0 aliphatic rings. The number of hydrogen-bond donors (Lipinski definition) is 1. The summed E-state index contributed by atoms with van der Waals surface area (Å²) in [5.74, 6) is 1.96. The maximum absolute atomic E-state index is 5.48. The zero-order chi connectivity index (χ0) is 11.4. The minimum Gasteiger partial charge on any atom is -0.465 e. The average Bonchev–Trinajstić information content (AvgIpc) is 2.67. The normalized spacial score (nSPS) is 10.6. The molecule has 2 nitrogen and oxygen atoms in total. The van der Waals surface area contributed by atoms with Crippen molar-refractivity contribution in [1.82, 2.24) is 5.32 Å². The lowest BCUT2D eigenvalue weighted by Crippen LogP contribution is -2.11. The molecule has 0 saturated heterocycles. The number of furan rings is 1. The predicted octanol–water partition coefficient (Wildman–Crippen LogP) is 3.19. The summed E-state index contributed by atoms with van der Waals surface area (Å²) < 4.78 is 5.48. The molecule has 1 heterocycles. The first-order valence-electron chi connectivity index (χ1n) is 5.55. The molecule has 0 aliphatic carbocycles. The van der Waals surface area contributed by atoms with Gasteiger partial charge in [0.2, 0.25) is 0 Å². The summed E-state index contributed by atoms with van der Waals surface area (Å²) in [6.07, 6.45) is 0. The van der Waals surface area contributed by atoms with E-state index in [1.165, 1.54) is 11.1 Å². The van der Waals surface area contributed by atoms with E-state index < -0.39 is 0 Å². The van der Waals surface area contributed by atoms with E-state index in [2.05, 4.69) is 36.5 Å². The smallest absolute Gasteiger partial charge is 0.117 e. The molecule has 2 aromatic rings.